The van der Waals surface area contributed by atoms with E-state index in [1.165, 1.54) is 12.4 Å². The van der Waals surface area contributed by atoms with Crippen LogP contribution in [0.15, 0.2) is 60.9 Å². The van der Waals surface area contributed by atoms with Gasteiger partial charge >= 0.3 is 0 Å². The second-order valence-corrected chi connectivity index (χ2v) is 9.19. The number of amides is 3. The molecular formula is C26H26FN5O3. The smallest absolute Gasteiger partial charge is 0.274 e. The number of fused-ring (bicyclic) bond motifs is 1. The van der Waals surface area contributed by atoms with Gasteiger partial charge in [-0.25, -0.2) is 9.37 Å². The van der Waals surface area contributed by atoms with Crippen molar-refractivity contribution >= 4 is 17.7 Å². The van der Waals surface area contributed by atoms with Crippen LogP contribution in [-0.2, 0) is 24.4 Å². The number of hydrogen-bond acceptors (Lipinski definition) is 4. The number of halogens is 1. The maximum absolute atomic E-state index is 13.9. The second-order valence-electron chi connectivity index (χ2n) is 9.19. The molecule has 5 rings (SSSR count). The van der Waals surface area contributed by atoms with E-state index in [1.807, 2.05) is 30.3 Å². The number of aromatic nitrogens is 2. The maximum Gasteiger partial charge on any atom is 0.274 e. The summed E-state index contributed by atoms with van der Waals surface area (Å²) >= 11 is 0. The molecule has 2 N–H and O–H groups in total. The van der Waals surface area contributed by atoms with Crippen molar-refractivity contribution in [2.75, 3.05) is 0 Å². The van der Waals surface area contributed by atoms with E-state index in [0.29, 0.717) is 12.1 Å². The van der Waals surface area contributed by atoms with Crippen molar-refractivity contribution in [2.24, 2.45) is 0 Å². The Morgan fingerprint density at radius 1 is 1.06 bits per heavy atom. The average molecular weight is 476 g/mol. The van der Waals surface area contributed by atoms with Crippen LogP contribution >= 0.6 is 0 Å². The lowest BCUT2D eigenvalue weighted by Crippen LogP contribution is -2.64. The van der Waals surface area contributed by atoms with Crippen LogP contribution in [0.1, 0.15) is 51.9 Å². The lowest BCUT2D eigenvalue weighted by atomic mass is 9.93. The van der Waals surface area contributed by atoms with Crippen LogP contribution in [0.3, 0.4) is 0 Å². The number of nitrogens with zero attached hydrogens (tertiary/aromatic N) is 3. The zero-order valence-electron chi connectivity index (χ0n) is 19.3. The molecule has 0 spiro atoms. The third-order valence-corrected chi connectivity index (χ3v) is 6.58. The van der Waals surface area contributed by atoms with Gasteiger partial charge in [-0.05, 0) is 31.4 Å². The van der Waals surface area contributed by atoms with Gasteiger partial charge in [-0.2, -0.15) is 0 Å². The average Bonchev–Trinajstić information content (AvgIpc) is 3.60. The number of hydrogen-bond donors (Lipinski definition) is 2. The molecule has 180 valence electrons. The molecule has 35 heavy (non-hydrogen) atoms. The van der Waals surface area contributed by atoms with E-state index in [4.69, 9.17) is 0 Å². The zero-order valence-corrected chi connectivity index (χ0v) is 19.3. The minimum Gasteiger partial charge on any atom is -0.350 e. The van der Waals surface area contributed by atoms with Crippen molar-refractivity contribution in [3.8, 4) is 0 Å². The first-order valence-electron chi connectivity index (χ1n) is 11.6. The van der Waals surface area contributed by atoms with E-state index in [9.17, 15) is 18.8 Å². The number of carbonyl (C=O) groups excluding carboxylic acids is 3. The van der Waals surface area contributed by atoms with Gasteiger partial charge in [0.25, 0.3) is 11.8 Å². The molecule has 0 bridgehead atoms. The minimum atomic E-state index is -1.12. The van der Waals surface area contributed by atoms with Gasteiger partial charge in [0.05, 0.1) is 12.9 Å². The third kappa shape index (κ3) is 4.29. The summed E-state index contributed by atoms with van der Waals surface area (Å²) < 4.78 is 15.5. The normalized spacial score (nSPS) is 19.3. The fourth-order valence-corrected chi connectivity index (χ4v) is 4.59. The predicted octanol–water partition coefficient (Wildman–Crippen LogP) is 2.65. The predicted molar refractivity (Wildman–Crippen MR) is 126 cm³/mol. The quantitative estimate of drug-likeness (QED) is 0.549. The Morgan fingerprint density at radius 2 is 1.77 bits per heavy atom. The minimum absolute atomic E-state index is 0.0243. The van der Waals surface area contributed by atoms with Gasteiger partial charge < -0.3 is 20.1 Å². The molecule has 9 heteroatoms. The highest BCUT2D eigenvalue weighted by Crippen LogP contribution is 2.38. The van der Waals surface area contributed by atoms with Crippen LogP contribution in [-0.4, -0.2) is 43.8 Å². The second kappa shape index (κ2) is 8.98. The first kappa shape index (κ1) is 22.8. The van der Waals surface area contributed by atoms with Crippen molar-refractivity contribution in [2.45, 2.75) is 51.0 Å². The highest BCUT2D eigenvalue weighted by atomic mass is 19.1. The summed E-state index contributed by atoms with van der Waals surface area (Å²) in [7, 11) is 0. The Labute approximate surface area is 202 Å². The van der Waals surface area contributed by atoms with Crippen molar-refractivity contribution in [3.05, 3.63) is 89.3 Å². The molecule has 0 unspecified atom stereocenters. The van der Waals surface area contributed by atoms with Gasteiger partial charge in [-0.15, -0.1) is 0 Å². The van der Waals surface area contributed by atoms with Crippen molar-refractivity contribution < 1.29 is 18.8 Å². The van der Waals surface area contributed by atoms with Crippen LogP contribution in [0.5, 0.6) is 0 Å². The summed E-state index contributed by atoms with van der Waals surface area (Å²) in [6.07, 6.45) is 3.02. The summed E-state index contributed by atoms with van der Waals surface area (Å²) in [5, 5.41) is 5.61. The third-order valence-electron chi connectivity index (χ3n) is 6.58. The maximum atomic E-state index is 13.9. The molecule has 1 fully saturated rings. The molecule has 0 saturated heterocycles. The van der Waals surface area contributed by atoms with Crippen LogP contribution in [0.2, 0.25) is 0 Å². The van der Waals surface area contributed by atoms with Crippen LogP contribution in [0, 0.1) is 5.82 Å². The van der Waals surface area contributed by atoms with Gasteiger partial charge in [0, 0.05) is 24.7 Å². The molecule has 1 aromatic heterocycles. The number of imidazole rings is 1. The van der Waals surface area contributed by atoms with Crippen molar-refractivity contribution in [1.29, 1.82) is 0 Å². The standard InChI is InChI=1S/C26H26FN5O3/c1-26(25(35)29-13-17-7-3-2-4-8-17)15-31-16-30-21(22(31)24(34)32(26)19-11-12-19)23(33)28-14-18-9-5-6-10-20(18)27/h2-10,16,19H,11-15H2,1H3,(H,28,33)(H,29,35)/t26-/m0/s1. The van der Waals surface area contributed by atoms with Crippen LogP contribution in [0.25, 0.3) is 0 Å². The topological polar surface area (TPSA) is 96.3 Å². The summed E-state index contributed by atoms with van der Waals surface area (Å²) in [5.74, 6) is -1.65. The molecule has 1 saturated carbocycles. The van der Waals surface area contributed by atoms with Gasteiger partial charge in [0.15, 0.2) is 5.69 Å². The monoisotopic (exact) mass is 475 g/mol. The lowest BCUT2D eigenvalue weighted by molar-refractivity contribution is -0.133. The highest BCUT2D eigenvalue weighted by molar-refractivity contribution is 6.07. The van der Waals surface area contributed by atoms with E-state index in [1.54, 1.807) is 34.6 Å². The Bertz CT molecular complexity index is 1290. The van der Waals surface area contributed by atoms with Crippen LogP contribution in [0.4, 0.5) is 4.39 Å². The zero-order chi connectivity index (χ0) is 24.6. The van der Waals surface area contributed by atoms with Gasteiger partial charge in [0.2, 0.25) is 5.91 Å². The Kier molecular flexibility index (Phi) is 5.84. The van der Waals surface area contributed by atoms with E-state index >= 15 is 0 Å². The SMILES string of the molecule is C[C@@]1(C(=O)NCc2ccccc2)Cn2cnc(C(=O)NCc3ccccc3F)c2C(=O)N1C1CC1. The molecule has 1 aliphatic heterocycles. The molecular weight excluding hydrogens is 449 g/mol. The summed E-state index contributed by atoms with van der Waals surface area (Å²) in [6, 6.07) is 15.7. The fourth-order valence-electron chi connectivity index (χ4n) is 4.59. The molecule has 2 aliphatic rings. The molecule has 1 aliphatic carbocycles. The Hall–Kier alpha value is -4.01. The Morgan fingerprint density at radius 3 is 2.49 bits per heavy atom. The molecule has 3 aromatic rings. The first-order valence-corrected chi connectivity index (χ1v) is 11.6. The summed E-state index contributed by atoms with van der Waals surface area (Å²) in [6.45, 7) is 2.25. The van der Waals surface area contributed by atoms with Gasteiger partial charge in [0.1, 0.15) is 17.1 Å². The molecule has 2 heterocycles. The lowest BCUT2D eigenvalue weighted by Gasteiger charge is -2.44. The highest BCUT2D eigenvalue weighted by Gasteiger charge is 2.53. The first-order chi connectivity index (χ1) is 16.9. The van der Waals surface area contributed by atoms with Crippen molar-refractivity contribution in [1.82, 2.24) is 25.1 Å². The largest absolute Gasteiger partial charge is 0.350 e. The molecule has 0 radical (unpaired) electrons. The molecule has 2 aromatic carbocycles. The van der Waals surface area contributed by atoms with Gasteiger partial charge in [-0.1, -0.05) is 48.5 Å². The fraction of sp³-hybridized carbons (Fsp3) is 0.308. The van der Waals surface area contributed by atoms with Gasteiger partial charge in [-0.3, -0.25) is 14.4 Å². The number of nitrogens with one attached hydrogen (secondary N) is 2. The molecule has 1 atom stereocenters. The number of benzene rings is 2. The Balaban J connectivity index is 1.37. The van der Waals surface area contributed by atoms with Crippen LogP contribution < -0.4 is 10.6 Å². The summed E-state index contributed by atoms with van der Waals surface area (Å²) in [4.78, 5) is 45.7. The van der Waals surface area contributed by atoms with E-state index < -0.39 is 23.2 Å². The van der Waals surface area contributed by atoms with E-state index in [-0.39, 0.29) is 36.4 Å². The summed E-state index contributed by atoms with van der Waals surface area (Å²) in [5.41, 5.74) is 0.297. The molecule has 3 amide bonds. The van der Waals surface area contributed by atoms with E-state index in [2.05, 4.69) is 15.6 Å². The van der Waals surface area contributed by atoms with E-state index in [0.717, 1.165) is 18.4 Å². The molecule has 8 nitrogen and oxygen atoms in total. The van der Waals surface area contributed by atoms with Crippen molar-refractivity contribution in [3.63, 3.8) is 0 Å². The number of carbonyl (C=O) groups is 3. The number of rotatable bonds is 7.